The molecule has 0 spiro atoms. The number of anilines is 1. The molecular formula is C9H11BrClN3O. The van der Waals surface area contributed by atoms with Crippen LogP contribution in [0.3, 0.4) is 0 Å². The van der Waals surface area contributed by atoms with Crippen molar-refractivity contribution >= 4 is 33.3 Å². The van der Waals surface area contributed by atoms with Crippen LogP contribution in [0.15, 0.2) is 11.1 Å². The molecule has 2 rings (SSSR count). The summed E-state index contributed by atoms with van der Waals surface area (Å²) in [5.74, 6) is 0.599. The molecule has 1 saturated carbocycles. The molecule has 82 valence electrons. The van der Waals surface area contributed by atoms with Crippen LogP contribution in [-0.2, 0) is 0 Å². The summed E-state index contributed by atoms with van der Waals surface area (Å²) in [4.78, 5) is 20.0. The molecule has 4 nitrogen and oxygen atoms in total. The van der Waals surface area contributed by atoms with E-state index in [2.05, 4.69) is 30.8 Å². The number of rotatable bonds is 4. The van der Waals surface area contributed by atoms with Crippen molar-refractivity contribution in [3.63, 3.8) is 0 Å². The summed E-state index contributed by atoms with van der Waals surface area (Å²) in [5.41, 5.74) is -0.276. The zero-order valence-electron chi connectivity index (χ0n) is 8.04. The first kappa shape index (κ1) is 11.0. The van der Waals surface area contributed by atoms with E-state index in [9.17, 15) is 4.79 Å². The van der Waals surface area contributed by atoms with Crippen LogP contribution in [0.1, 0.15) is 12.8 Å². The fraction of sp³-hybridized carbons (Fsp3) is 0.556. The Bertz CT molecular complexity index is 405. The topological polar surface area (TPSA) is 49.0 Å². The molecule has 0 aromatic carbocycles. The van der Waals surface area contributed by atoms with Gasteiger partial charge >= 0.3 is 0 Å². The number of hydrogen-bond acceptors (Lipinski definition) is 3. The minimum atomic E-state index is -0.276. The Labute approximate surface area is 101 Å². The Hall–Kier alpha value is -0.550. The van der Waals surface area contributed by atoms with E-state index in [0.29, 0.717) is 11.9 Å². The largest absolute Gasteiger partial charge is 0.351 e. The van der Waals surface area contributed by atoms with Crippen LogP contribution in [0.4, 0.5) is 5.82 Å². The van der Waals surface area contributed by atoms with Crippen LogP contribution >= 0.6 is 27.5 Å². The third kappa shape index (κ3) is 2.34. The number of aromatic amines is 1. The van der Waals surface area contributed by atoms with Crippen molar-refractivity contribution in [2.24, 2.45) is 0 Å². The van der Waals surface area contributed by atoms with E-state index in [1.165, 1.54) is 6.33 Å². The second-order valence-corrected chi connectivity index (χ2v) is 4.65. The molecule has 1 aromatic heterocycles. The van der Waals surface area contributed by atoms with Gasteiger partial charge in [-0.25, -0.2) is 4.98 Å². The summed E-state index contributed by atoms with van der Waals surface area (Å²) in [6.07, 6.45) is 3.70. The van der Waals surface area contributed by atoms with Crippen LogP contribution in [-0.4, -0.2) is 27.9 Å². The highest BCUT2D eigenvalue weighted by Crippen LogP contribution is 2.32. The number of nitrogens with one attached hydrogen (secondary N) is 1. The molecule has 1 heterocycles. The van der Waals surface area contributed by atoms with Crippen LogP contribution in [0.2, 0.25) is 5.02 Å². The molecule has 6 heteroatoms. The lowest BCUT2D eigenvalue weighted by atomic mass is 10.4. The van der Waals surface area contributed by atoms with Gasteiger partial charge < -0.3 is 9.88 Å². The number of alkyl halides is 1. The van der Waals surface area contributed by atoms with Gasteiger partial charge in [-0.3, -0.25) is 4.79 Å². The van der Waals surface area contributed by atoms with Gasteiger partial charge in [-0.15, -0.1) is 0 Å². The SMILES string of the molecule is O=c1[nH]cnc(N(CCBr)C2CC2)c1Cl. The summed E-state index contributed by atoms with van der Waals surface area (Å²) < 4.78 is 0. The van der Waals surface area contributed by atoms with E-state index >= 15 is 0 Å². The number of aromatic nitrogens is 2. The predicted octanol–water partition coefficient (Wildman–Crippen LogP) is 1.79. The van der Waals surface area contributed by atoms with Gasteiger partial charge in [0.05, 0.1) is 6.33 Å². The van der Waals surface area contributed by atoms with E-state index in [0.717, 1.165) is 24.7 Å². The van der Waals surface area contributed by atoms with E-state index in [1.807, 2.05) is 0 Å². The fourth-order valence-electron chi connectivity index (χ4n) is 1.51. The monoisotopic (exact) mass is 291 g/mol. The molecular weight excluding hydrogens is 281 g/mol. The first-order valence-corrected chi connectivity index (χ1v) is 6.29. The standard InChI is InChI=1S/C9H11BrClN3O/c10-3-4-14(6-1-2-6)8-7(11)9(15)13-5-12-8/h5-6H,1-4H2,(H,12,13,15). The van der Waals surface area contributed by atoms with Gasteiger partial charge in [0.15, 0.2) is 5.82 Å². The van der Waals surface area contributed by atoms with E-state index < -0.39 is 0 Å². The van der Waals surface area contributed by atoms with Crippen molar-refractivity contribution < 1.29 is 0 Å². The summed E-state index contributed by atoms with van der Waals surface area (Å²) >= 11 is 9.32. The number of halogens is 2. The van der Waals surface area contributed by atoms with Crippen LogP contribution in [0.25, 0.3) is 0 Å². The van der Waals surface area contributed by atoms with Gasteiger partial charge in [0.1, 0.15) is 5.02 Å². The third-order valence-electron chi connectivity index (χ3n) is 2.36. The average molecular weight is 293 g/mol. The summed E-state index contributed by atoms with van der Waals surface area (Å²) in [6.45, 7) is 0.820. The molecule has 1 N–H and O–H groups in total. The van der Waals surface area contributed by atoms with Gasteiger partial charge in [0.25, 0.3) is 5.56 Å². The lowest BCUT2D eigenvalue weighted by molar-refractivity contribution is 0.810. The first-order chi connectivity index (χ1) is 7.24. The molecule has 1 aliphatic rings. The van der Waals surface area contributed by atoms with Crippen molar-refractivity contribution in [2.45, 2.75) is 18.9 Å². The number of nitrogens with zero attached hydrogens (tertiary/aromatic N) is 2. The highest BCUT2D eigenvalue weighted by atomic mass is 79.9. The van der Waals surface area contributed by atoms with Gasteiger partial charge in [-0.1, -0.05) is 27.5 Å². The molecule has 0 amide bonds. The normalized spacial score (nSPS) is 15.3. The highest BCUT2D eigenvalue weighted by molar-refractivity contribution is 9.09. The van der Waals surface area contributed by atoms with E-state index in [4.69, 9.17) is 11.6 Å². The average Bonchev–Trinajstić information content (AvgIpc) is 3.03. The van der Waals surface area contributed by atoms with Gasteiger partial charge in [0.2, 0.25) is 0 Å². The molecule has 15 heavy (non-hydrogen) atoms. The van der Waals surface area contributed by atoms with Gasteiger partial charge in [0, 0.05) is 17.9 Å². The fourth-order valence-corrected chi connectivity index (χ4v) is 2.11. The first-order valence-electron chi connectivity index (χ1n) is 4.80. The maximum Gasteiger partial charge on any atom is 0.271 e. The molecule has 0 bridgehead atoms. The van der Waals surface area contributed by atoms with Gasteiger partial charge in [-0.2, -0.15) is 0 Å². The van der Waals surface area contributed by atoms with E-state index in [1.54, 1.807) is 0 Å². The predicted molar refractivity (Wildman–Crippen MR) is 64.0 cm³/mol. The van der Waals surface area contributed by atoms with Crippen molar-refractivity contribution in [1.82, 2.24) is 9.97 Å². The maximum absolute atomic E-state index is 11.3. The minimum absolute atomic E-state index is 0.186. The lowest BCUT2D eigenvalue weighted by Gasteiger charge is -2.22. The Morgan fingerprint density at radius 2 is 2.40 bits per heavy atom. The lowest BCUT2D eigenvalue weighted by Crippen LogP contribution is -2.30. The van der Waals surface area contributed by atoms with Crippen LogP contribution in [0.5, 0.6) is 0 Å². The molecule has 1 aliphatic carbocycles. The quantitative estimate of drug-likeness (QED) is 0.861. The van der Waals surface area contributed by atoms with Crippen LogP contribution in [0, 0.1) is 0 Å². The molecule has 1 aromatic rings. The Kier molecular flexibility index (Phi) is 3.31. The summed E-state index contributed by atoms with van der Waals surface area (Å²) in [5, 5.41) is 1.03. The molecule has 0 aliphatic heterocycles. The molecule has 0 saturated heterocycles. The number of hydrogen-bond donors (Lipinski definition) is 1. The highest BCUT2D eigenvalue weighted by Gasteiger charge is 2.31. The Morgan fingerprint density at radius 3 is 3.00 bits per heavy atom. The Morgan fingerprint density at radius 1 is 1.67 bits per heavy atom. The Balaban J connectivity index is 2.32. The third-order valence-corrected chi connectivity index (χ3v) is 3.06. The summed E-state index contributed by atoms with van der Waals surface area (Å²) in [7, 11) is 0. The second kappa shape index (κ2) is 4.53. The van der Waals surface area contributed by atoms with Crippen molar-refractivity contribution in [3.8, 4) is 0 Å². The van der Waals surface area contributed by atoms with Crippen molar-refractivity contribution in [1.29, 1.82) is 0 Å². The molecule has 1 fully saturated rings. The zero-order chi connectivity index (χ0) is 10.8. The number of H-pyrrole nitrogens is 1. The summed E-state index contributed by atoms with van der Waals surface area (Å²) in [6, 6.07) is 0.495. The van der Waals surface area contributed by atoms with Crippen LogP contribution < -0.4 is 10.5 Å². The van der Waals surface area contributed by atoms with Crippen molar-refractivity contribution in [3.05, 3.63) is 21.7 Å². The van der Waals surface area contributed by atoms with Crippen molar-refractivity contribution in [2.75, 3.05) is 16.8 Å². The second-order valence-electron chi connectivity index (χ2n) is 3.48. The molecule has 0 unspecified atom stereocenters. The maximum atomic E-state index is 11.3. The van der Waals surface area contributed by atoms with Gasteiger partial charge in [-0.05, 0) is 12.8 Å². The molecule has 0 radical (unpaired) electrons. The smallest absolute Gasteiger partial charge is 0.271 e. The molecule has 0 atom stereocenters. The minimum Gasteiger partial charge on any atom is -0.351 e. The van der Waals surface area contributed by atoms with E-state index in [-0.39, 0.29) is 10.6 Å². The zero-order valence-corrected chi connectivity index (χ0v) is 10.4.